The minimum atomic E-state index is -0.0992. The van der Waals surface area contributed by atoms with Gasteiger partial charge in [0.15, 0.2) is 11.5 Å². The summed E-state index contributed by atoms with van der Waals surface area (Å²) in [6.45, 7) is 4.92. The summed E-state index contributed by atoms with van der Waals surface area (Å²) < 4.78 is 10.8. The molecule has 8 nitrogen and oxygen atoms in total. The van der Waals surface area contributed by atoms with E-state index >= 15 is 0 Å². The highest BCUT2D eigenvalue weighted by molar-refractivity contribution is 5.89. The first-order valence-corrected chi connectivity index (χ1v) is 10.5. The van der Waals surface area contributed by atoms with E-state index in [4.69, 9.17) is 9.47 Å². The Balaban J connectivity index is 1.46. The van der Waals surface area contributed by atoms with Crippen molar-refractivity contribution < 1.29 is 14.3 Å². The number of hydrogen-bond acceptors (Lipinski definition) is 7. The van der Waals surface area contributed by atoms with Crippen LogP contribution in [0.3, 0.4) is 0 Å². The minimum absolute atomic E-state index is 0.0992. The molecule has 1 aliphatic rings. The van der Waals surface area contributed by atoms with E-state index in [0.29, 0.717) is 0 Å². The number of amides is 1. The molecule has 1 N–H and O–H groups in total. The second kappa shape index (κ2) is 9.55. The highest BCUT2D eigenvalue weighted by Crippen LogP contribution is 2.32. The number of carbonyl (C=O) groups is 1. The molecule has 0 bridgehead atoms. The largest absolute Gasteiger partial charge is 0.493 e. The van der Waals surface area contributed by atoms with Crippen LogP contribution in [0.5, 0.6) is 11.5 Å². The predicted molar refractivity (Wildman–Crippen MR) is 126 cm³/mol. The zero-order chi connectivity index (χ0) is 22.5. The lowest BCUT2D eigenvalue weighted by molar-refractivity contribution is -0.114. The molecule has 1 aliphatic heterocycles. The van der Waals surface area contributed by atoms with Crippen molar-refractivity contribution in [2.24, 2.45) is 0 Å². The lowest BCUT2D eigenvalue weighted by atomic mass is 10.1. The van der Waals surface area contributed by atoms with Gasteiger partial charge in [0, 0.05) is 62.2 Å². The summed E-state index contributed by atoms with van der Waals surface area (Å²) in [5.41, 5.74) is 3.62. The third kappa shape index (κ3) is 4.74. The topological polar surface area (TPSA) is 79.8 Å². The van der Waals surface area contributed by atoms with Gasteiger partial charge in [0.1, 0.15) is 12.1 Å². The zero-order valence-corrected chi connectivity index (χ0v) is 18.5. The smallest absolute Gasteiger partial charge is 0.221 e. The standard InChI is InChI=1S/C24H27N5O3/c1-17(30)27-19-6-4-5-18(13-19)21-15-24(26-16-25-21)29-11-9-28(10-12-29)20-7-8-22(31-2)23(14-20)32-3/h4-8,13-16H,9-12H2,1-3H3,(H,27,30). The Morgan fingerprint density at radius 1 is 0.906 bits per heavy atom. The van der Waals surface area contributed by atoms with E-state index in [1.54, 1.807) is 20.5 Å². The van der Waals surface area contributed by atoms with Crippen LogP contribution in [0, 0.1) is 0 Å². The molecule has 32 heavy (non-hydrogen) atoms. The average Bonchev–Trinajstić information content (AvgIpc) is 2.83. The van der Waals surface area contributed by atoms with Gasteiger partial charge in [-0.3, -0.25) is 4.79 Å². The maximum absolute atomic E-state index is 11.4. The number of rotatable bonds is 6. The van der Waals surface area contributed by atoms with Crippen molar-refractivity contribution in [3.63, 3.8) is 0 Å². The molecule has 0 aliphatic carbocycles. The van der Waals surface area contributed by atoms with Gasteiger partial charge in [-0.2, -0.15) is 0 Å². The minimum Gasteiger partial charge on any atom is -0.493 e. The Labute approximate surface area is 187 Å². The maximum atomic E-state index is 11.4. The van der Waals surface area contributed by atoms with Gasteiger partial charge in [-0.1, -0.05) is 12.1 Å². The molecule has 0 unspecified atom stereocenters. The van der Waals surface area contributed by atoms with E-state index < -0.39 is 0 Å². The summed E-state index contributed by atoms with van der Waals surface area (Å²) in [5.74, 6) is 2.25. The molecule has 2 aromatic carbocycles. The molecule has 166 valence electrons. The Bertz CT molecular complexity index is 1100. The molecular weight excluding hydrogens is 406 g/mol. The first kappa shape index (κ1) is 21.4. The number of benzene rings is 2. The van der Waals surface area contributed by atoms with Crippen molar-refractivity contribution in [3.05, 3.63) is 54.9 Å². The van der Waals surface area contributed by atoms with Crippen LogP contribution < -0.4 is 24.6 Å². The second-order valence-electron chi connectivity index (χ2n) is 7.54. The molecule has 1 fully saturated rings. The highest BCUT2D eigenvalue weighted by atomic mass is 16.5. The molecule has 0 atom stereocenters. The first-order chi connectivity index (χ1) is 15.6. The number of ether oxygens (including phenoxy) is 2. The summed E-state index contributed by atoms with van der Waals surface area (Å²) in [6, 6.07) is 15.7. The van der Waals surface area contributed by atoms with Crippen LogP contribution in [0.15, 0.2) is 54.9 Å². The Morgan fingerprint density at radius 2 is 1.66 bits per heavy atom. The van der Waals surface area contributed by atoms with Crippen LogP contribution in [-0.2, 0) is 4.79 Å². The number of aromatic nitrogens is 2. The Kier molecular flexibility index (Phi) is 6.39. The van der Waals surface area contributed by atoms with Gasteiger partial charge < -0.3 is 24.6 Å². The van der Waals surface area contributed by atoms with Gasteiger partial charge in [0.25, 0.3) is 0 Å². The molecule has 1 saturated heterocycles. The molecule has 0 spiro atoms. The number of nitrogens with zero attached hydrogens (tertiary/aromatic N) is 4. The third-order valence-electron chi connectivity index (χ3n) is 5.47. The first-order valence-electron chi connectivity index (χ1n) is 10.5. The van der Waals surface area contributed by atoms with Crippen LogP contribution in [0.4, 0.5) is 17.2 Å². The molecule has 2 heterocycles. The van der Waals surface area contributed by atoms with Crippen LogP contribution in [-0.4, -0.2) is 56.3 Å². The second-order valence-corrected chi connectivity index (χ2v) is 7.54. The summed E-state index contributed by atoms with van der Waals surface area (Å²) in [6.07, 6.45) is 1.59. The lowest BCUT2D eigenvalue weighted by Gasteiger charge is -2.37. The number of nitrogens with one attached hydrogen (secondary N) is 1. The van der Waals surface area contributed by atoms with Gasteiger partial charge in [-0.25, -0.2) is 9.97 Å². The molecule has 8 heteroatoms. The lowest BCUT2D eigenvalue weighted by Crippen LogP contribution is -2.46. The number of hydrogen-bond donors (Lipinski definition) is 1. The van der Waals surface area contributed by atoms with Gasteiger partial charge >= 0.3 is 0 Å². The molecule has 0 radical (unpaired) electrons. The average molecular weight is 434 g/mol. The SMILES string of the molecule is COc1ccc(N2CCN(c3cc(-c4cccc(NC(C)=O)c4)ncn3)CC2)cc1OC. The molecule has 0 saturated carbocycles. The van der Waals surface area contributed by atoms with Gasteiger partial charge in [-0.15, -0.1) is 0 Å². The number of anilines is 3. The van der Waals surface area contributed by atoms with E-state index in [1.165, 1.54) is 6.92 Å². The zero-order valence-electron chi connectivity index (χ0n) is 18.5. The van der Waals surface area contributed by atoms with Crippen molar-refractivity contribution in [3.8, 4) is 22.8 Å². The molecule has 3 aromatic rings. The highest BCUT2D eigenvalue weighted by Gasteiger charge is 2.20. The summed E-state index contributed by atoms with van der Waals surface area (Å²) in [7, 11) is 3.29. The van der Waals surface area contributed by atoms with Crippen molar-refractivity contribution >= 4 is 23.1 Å². The van der Waals surface area contributed by atoms with Crippen LogP contribution in [0.25, 0.3) is 11.3 Å². The van der Waals surface area contributed by atoms with E-state index in [1.807, 2.05) is 42.5 Å². The fourth-order valence-corrected chi connectivity index (χ4v) is 3.85. The van der Waals surface area contributed by atoms with Crippen molar-refractivity contribution in [2.75, 3.05) is 55.5 Å². The molecular formula is C24H27N5O3. The maximum Gasteiger partial charge on any atom is 0.221 e. The Hall–Kier alpha value is -3.81. The van der Waals surface area contributed by atoms with E-state index in [-0.39, 0.29) is 5.91 Å². The van der Waals surface area contributed by atoms with Crippen molar-refractivity contribution in [2.45, 2.75) is 6.92 Å². The number of carbonyl (C=O) groups excluding carboxylic acids is 1. The van der Waals surface area contributed by atoms with Crippen LogP contribution >= 0.6 is 0 Å². The quantitative estimate of drug-likeness (QED) is 0.638. The fourth-order valence-electron chi connectivity index (χ4n) is 3.85. The molecule has 1 amide bonds. The van der Waals surface area contributed by atoms with Crippen LogP contribution in [0.1, 0.15) is 6.92 Å². The van der Waals surface area contributed by atoms with E-state index in [0.717, 1.165) is 66.1 Å². The van der Waals surface area contributed by atoms with Gasteiger partial charge in [-0.05, 0) is 24.3 Å². The summed E-state index contributed by atoms with van der Waals surface area (Å²) >= 11 is 0. The van der Waals surface area contributed by atoms with Crippen molar-refractivity contribution in [1.29, 1.82) is 0 Å². The monoisotopic (exact) mass is 433 g/mol. The van der Waals surface area contributed by atoms with Crippen molar-refractivity contribution in [1.82, 2.24) is 9.97 Å². The number of piperazine rings is 1. The third-order valence-corrected chi connectivity index (χ3v) is 5.47. The van der Waals surface area contributed by atoms with Gasteiger partial charge in [0.05, 0.1) is 19.9 Å². The van der Waals surface area contributed by atoms with E-state index in [9.17, 15) is 4.79 Å². The predicted octanol–water partition coefficient (Wildman–Crippen LogP) is 3.45. The molecule has 4 rings (SSSR count). The summed E-state index contributed by atoms with van der Waals surface area (Å²) in [4.78, 5) is 24.9. The summed E-state index contributed by atoms with van der Waals surface area (Å²) in [5, 5.41) is 2.81. The number of methoxy groups -OCH3 is 2. The molecule has 1 aromatic heterocycles. The normalized spacial score (nSPS) is 13.6. The van der Waals surface area contributed by atoms with E-state index in [2.05, 4.69) is 31.2 Å². The van der Waals surface area contributed by atoms with Crippen LogP contribution in [0.2, 0.25) is 0 Å². The Morgan fingerprint density at radius 3 is 2.38 bits per heavy atom. The van der Waals surface area contributed by atoms with Gasteiger partial charge in [0.2, 0.25) is 5.91 Å². The fraction of sp³-hybridized carbons (Fsp3) is 0.292.